The van der Waals surface area contributed by atoms with E-state index in [0.717, 1.165) is 30.0 Å². The first kappa shape index (κ1) is 13.8. The van der Waals surface area contributed by atoms with Crippen LogP contribution in [0.25, 0.3) is 10.8 Å². The van der Waals surface area contributed by atoms with E-state index >= 15 is 0 Å². The number of carbonyl (C=O) groups is 1. The van der Waals surface area contributed by atoms with Crippen molar-refractivity contribution in [2.45, 2.75) is 38.6 Å². The highest BCUT2D eigenvalue weighted by Crippen LogP contribution is 2.38. The summed E-state index contributed by atoms with van der Waals surface area (Å²) in [6, 6.07) is 7.74. The topological polar surface area (TPSA) is 75.1 Å². The van der Waals surface area contributed by atoms with Crippen LogP contribution in [0.2, 0.25) is 0 Å². The zero-order valence-electron chi connectivity index (χ0n) is 12.0. The number of aliphatic carboxylic acids is 1. The van der Waals surface area contributed by atoms with E-state index < -0.39 is 11.4 Å². The van der Waals surface area contributed by atoms with Gasteiger partial charge in [0.1, 0.15) is 0 Å². The van der Waals surface area contributed by atoms with E-state index in [9.17, 15) is 9.90 Å². The summed E-state index contributed by atoms with van der Waals surface area (Å²) in [6.45, 7) is 1.82. The fourth-order valence-electron chi connectivity index (χ4n) is 3.12. The maximum Gasteiger partial charge on any atom is 0.311 e. The molecule has 0 spiro atoms. The zero-order chi connectivity index (χ0) is 14.9. The Kier molecular flexibility index (Phi) is 3.49. The molecule has 1 saturated carbocycles. The highest BCUT2D eigenvalue weighted by atomic mass is 16.4. The van der Waals surface area contributed by atoms with E-state index in [2.05, 4.69) is 15.5 Å². The van der Waals surface area contributed by atoms with Crippen LogP contribution in [0.3, 0.4) is 0 Å². The average Bonchev–Trinajstić information content (AvgIpc) is 2.50. The van der Waals surface area contributed by atoms with Crippen molar-refractivity contribution in [3.05, 3.63) is 30.5 Å². The molecule has 2 N–H and O–H groups in total. The van der Waals surface area contributed by atoms with E-state index in [1.807, 2.05) is 31.2 Å². The second-order valence-electron chi connectivity index (χ2n) is 5.95. The van der Waals surface area contributed by atoms with Gasteiger partial charge in [-0.3, -0.25) is 4.79 Å². The quantitative estimate of drug-likeness (QED) is 0.906. The Hall–Kier alpha value is -2.17. The minimum Gasteiger partial charge on any atom is -0.481 e. The summed E-state index contributed by atoms with van der Waals surface area (Å²) < 4.78 is 0. The first-order valence-electron chi connectivity index (χ1n) is 7.31. The molecule has 110 valence electrons. The fraction of sp³-hybridized carbons (Fsp3) is 0.438. The van der Waals surface area contributed by atoms with E-state index in [4.69, 9.17) is 0 Å². The number of hydrogen-bond acceptors (Lipinski definition) is 4. The van der Waals surface area contributed by atoms with E-state index in [1.165, 1.54) is 0 Å². The van der Waals surface area contributed by atoms with Crippen LogP contribution in [0.15, 0.2) is 30.5 Å². The molecule has 5 heteroatoms. The lowest BCUT2D eigenvalue weighted by Gasteiger charge is -2.38. The summed E-state index contributed by atoms with van der Waals surface area (Å²) in [6.07, 6.45) is 5.25. The van der Waals surface area contributed by atoms with Gasteiger partial charge in [0, 0.05) is 16.8 Å². The largest absolute Gasteiger partial charge is 0.481 e. The van der Waals surface area contributed by atoms with Crippen LogP contribution in [-0.4, -0.2) is 27.3 Å². The van der Waals surface area contributed by atoms with Crippen LogP contribution in [0.5, 0.6) is 0 Å². The molecule has 0 amide bonds. The number of aromatic nitrogens is 2. The number of rotatable bonds is 3. The van der Waals surface area contributed by atoms with Gasteiger partial charge >= 0.3 is 5.97 Å². The lowest BCUT2D eigenvalue weighted by Crippen LogP contribution is -2.46. The number of fused-ring (bicyclic) bond motifs is 1. The fourth-order valence-corrected chi connectivity index (χ4v) is 3.12. The molecule has 2 aromatic rings. The molecule has 1 aromatic carbocycles. The maximum atomic E-state index is 11.7. The molecule has 1 heterocycles. The second-order valence-corrected chi connectivity index (χ2v) is 5.95. The molecule has 0 saturated heterocycles. The number of benzene rings is 1. The number of carboxylic acids is 1. The SMILES string of the molecule is CC1(C(=O)O)CCCCC1Nc1nncc2ccccc12. The van der Waals surface area contributed by atoms with Gasteiger partial charge in [0.2, 0.25) is 0 Å². The van der Waals surface area contributed by atoms with Crippen LogP contribution < -0.4 is 5.32 Å². The lowest BCUT2D eigenvalue weighted by molar-refractivity contribution is -0.150. The molecule has 2 atom stereocenters. The number of hydrogen-bond donors (Lipinski definition) is 2. The van der Waals surface area contributed by atoms with Crippen molar-refractivity contribution in [3.8, 4) is 0 Å². The van der Waals surface area contributed by atoms with Crippen molar-refractivity contribution in [1.82, 2.24) is 10.2 Å². The Morgan fingerprint density at radius 2 is 2.19 bits per heavy atom. The summed E-state index contributed by atoms with van der Waals surface area (Å²) >= 11 is 0. The number of nitrogens with zero attached hydrogens (tertiary/aromatic N) is 2. The van der Waals surface area contributed by atoms with Gasteiger partial charge < -0.3 is 10.4 Å². The normalized spacial score (nSPS) is 25.7. The van der Waals surface area contributed by atoms with Crippen molar-refractivity contribution in [2.75, 3.05) is 5.32 Å². The highest BCUT2D eigenvalue weighted by Gasteiger charge is 2.43. The summed E-state index contributed by atoms with van der Waals surface area (Å²) in [5, 5.41) is 23.1. The van der Waals surface area contributed by atoms with Gasteiger partial charge in [0.25, 0.3) is 0 Å². The van der Waals surface area contributed by atoms with Crippen LogP contribution in [-0.2, 0) is 4.79 Å². The monoisotopic (exact) mass is 285 g/mol. The van der Waals surface area contributed by atoms with E-state index in [0.29, 0.717) is 12.2 Å². The minimum absolute atomic E-state index is 0.121. The maximum absolute atomic E-state index is 11.7. The number of nitrogens with one attached hydrogen (secondary N) is 1. The Balaban J connectivity index is 1.95. The molecular formula is C16H19N3O2. The molecule has 5 nitrogen and oxygen atoms in total. The summed E-state index contributed by atoms with van der Waals surface area (Å²) in [7, 11) is 0. The molecule has 1 aliphatic rings. The van der Waals surface area contributed by atoms with Crippen LogP contribution in [0, 0.1) is 5.41 Å². The van der Waals surface area contributed by atoms with Gasteiger partial charge in [-0.1, -0.05) is 37.1 Å². The first-order chi connectivity index (χ1) is 10.1. The van der Waals surface area contributed by atoms with Gasteiger partial charge in [-0.05, 0) is 19.8 Å². The van der Waals surface area contributed by atoms with Crippen LogP contribution in [0.4, 0.5) is 5.82 Å². The molecule has 0 bridgehead atoms. The summed E-state index contributed by atoms with van der Waals surface area (Å²) in [5.74, 6) is -0.0691. The van der Waals surface area contributed by atoms with Crippen molar-refractivity contribution < 1.29 is 9.90 Å². The predicted octanol–water partition coefficient (Wildman–Crippen LogP) is 3.08. The third kappa shape index (κ3) is 2.44. The van der Waals surface area contributed by atoms with Crippen LogP contribution in [0.1, 0.15) is 32.6 Å². The van der Waals surface area contributed by atoms with Crippen molar-refractivity contribution in [3.63, 3.8) is 0 Å². The van der Waals surface area contributed by atoms with E-state index in [1.54, 1.807) is 6.20 Å². The zero-order valence-corrected chi connectivity index (χ0v) is 12.0. The third-order valence-corrected chi connectivity index (χ3v) is 4.58. The van der Waals surface area contributed by atoms with Gasteiger partial charge in [-0.2, -0.15) is 5.10 Å². The first-order valence-corrected chi connectivity index (χ1v) is 7.31. The minimum atomic E-state index is -0.753. The molecule has 21 heavy (non-hydrogen) atoms. The standard InChI is InChI=1S/C16H19N3O2/c1-16(15(20)21)9-5-4-8-13(16)18-14-12-7-3-2-6-11(12)10-17-19-14/h2-3,6-7,10,13H,4-5,8-9H2,1H3,(H,18,19)(H,20,21). The molecule has 2 unspecified atom stereocenters. The van der Waals surface area contributed by atoms with Gasteiger partial charge in [-0.25, -0.2) is 0 Å². The number of anilines is 1. The van der Waals surface area contributed by atoms with Gasteiger partial charge in [0.05, 0.1) is 11.6 Å². The summed E-state index contributed by atoms with van der Waals surface area (Å²) in [4.78, 5) is 11.7. The molecule has 1 aliphatic carbocycles. The lowest BCUT2D eigenvalue weighted by atomic mass is 9.71. The Bertz CT molecular complexity index is 668. The molecule has 0 aliphatic heterocycles. The van der Waals surface area contributed by atoms with Gasteiger partial charge in [-0.15, -0.1) is 5.10 Å². The smallest absolute Gasteiger partial charge is 0.311 e. The van der Waals surface area contributed by atoms with E-state index in [-0.39, 0.29) is 6.04 Å². The third-order valence-electron chi connectivity index (χ3n) is 4.58. The van der Waals surface area contributed by atoms with Crippen molar-refractivity contribution in [1.29, 1.82) is 0 Å². The Morgan fingerprint density at radius 1 is 1.38 bits per heavy atom. The van der Waals surface area contributed by atoms with Gasteiger partial charge in [0.15, 0.2) is 5.82 Å². The Labute approximate surface area is 123 Å². The molecule has 0 radical (unpaired) electrons. The van der Waals surface area contributed by atoms with Crippen molar-refractivity contribution >= 4 is 22.6 Å². The number of carboxylic acid groups (broad SMARTS) is 1. The highest BCUT2D eigenvalue weighted by molar-refractivity contribution is 5.91. The molecular weight excluding hydrogens is 266 g/mol. The summed E-state index contributed by atoms with van der Waals surface area (Å²) in [5.41, 5.74) is -0.753. The predicted molar refractivity (Wildman–Crippen MR) is 81.2 cm³/mol. The Morgan fingerprint density at radius 3 is 3.00 bits per heavy atom. The van der Waals surface area contributed by atoms with Crippen LogP contribution >= 0.6 is 0 Å². The molecule has 1 fully saturated rings. The average molecular weight is 285 g/mol. The molecule has 1 aromatic heterocycles. The second kappa shape index (κ2) is 5.31. The molecule has 3 rings (SSSR count). The van der Waals surface area contributed by atoms with Crippen molar-refractivity contribution in [2.24, 2.45) is 5.41 Å².